The molecule has 4 aromatic rings. The number of nitrogens with zero attached hydrogens (tertiary/aromatic N) is 3. The lowest BCUT2D eigenvalue weighted by molar-refractivity contribution is -0.140. The molecule has 8 rings (SSSR count). The second-order valence-corrected chi connectivity index (χ2v) is 21.3. The highest BCUT2D eigenvalue weighted by atomic mass is 35.5. The van der Waals surface area contributed by atoms with Gasteiger partial charge in [0.15, 0.2) is 5.13 Å². The van der Waals surface area contributed by atoms with Gasteiger partial charge in [-0.05, 0) is 102 Å². The van der Waals surface area contributed by atoms with E-state index in [1.807, 2.05) is 19.2 Å². The summed E-state index contributed by atoms with van der Waals surface area (Å²) in [5.74, 6) is -3.13. The normalized spacial score (nSPS) is 25.2. The van der Waals surface area contributed by atoms with Crippen molar-refractivity contribution in [2.75, 3.05) is 32.2 Å². The van der Waals surface area contributed by atoms with E-state index in [4.69, 9.17) is 40.5 Å². The van der Waals surface area contributed by atoms with E-state index in [2.05, 4.69) is 16.0 Å². The van der Waals surface area contributed by atoms with Gasteiger partial charge in [-0.15, -0.1) is 11.3 Å². The van der Waals surface area contributed by atoms with Crippen LogP contribution in [0.2, 0.25) is 5.02 Å². The number of halogens is 3. The summed E-state index contributed by atoms with van der Waals surface area (Å²) < 4.78 is 68.2. The molecule has 0 spiro atoms. The van der Waals surface area contributed by atoms with Gasteiger partial charge in [-0.1, -0.05) is 17.7 Å². The Morgan fingerprint density at radius 1 is 1.05 bits per heavy atom. The predicted molar refractivity (Wildman–Crippen MR) is 242 cm³/mol. The van der Waals surface area contributed by atoms with Crippen LogP contribution in [0.1, 0.15) is 83.6 Å². The first-order valence-electron chi connectivity index (χ1n) is 22.1. The van der Waals surface area contributed by atoms with Crippen LogP contribution in [-0.2, 0) is 29.8 Å². The van der Waals surface area contributed by atoms with Gasteiger partial charge < -0.3 is 44.7 Å². The molecule has 4 fully saturated rings. The summed E-state index contributed by atoms with van der Waals surface area (Å²) in [6.07, 6.45) is 2.10. The minimum absolute atomic E-state index is 0.0464. The summed E-state index contributed by atoms with van der Waals surface area (Å²) in [5, 5.41) is 10.5. The highest BCUT2D eigenvalue weighted by Gasteiger charge is 2.66. The molecule has 4 aliphatic rings. The molecule has 1 unspecified atom stereocenters. The first-order valence-corrected chi connectivity index (χ1v) is 25.2. The molecule has 6 atom stereocenters. The zero-order valence-electron chi connectivity index (χ0n) is 36.4. The number of methoxy groups -OCH3 is 1. The van der Waals surface area contributed by atoms with E-state index in [0.717, 1.165) is 37.8 Å². The Kier molecular flexibility index (Phi) is 14.2. The van der Waals surface area contributed by atoms with Crippen molar-refractivity contribution in [1.29, 1.82) is 0 Å². The lowest BCUT2D eigenvalue weighted by Gasteiger charge is -2.31. The number of thiazole rings is 1. The third kappa shape index (κ3) is 10.2. The van der Waals surface area contributed by atoms with Gasteiger partial charge in [-0.3, -0.25) is 14.2 Å². The van der Waals surface area contributed by atoms with Gasteiger partial charge in [0, 0.05) is 48.1 Å². The Labute approximate surface area is 384 Å². The first kappa shape index (κ1) is 46.9. The molecule has 65 heavy (non-hydrogen) atoms. The molecule has 2 aromatic heterocycles. The van der Waals surface area contributed by atoms with Crippen LogP contribution in [0.4, 0.5) is 18.7 Å². The Morgan fingerprint density at radius 3 is 2.54 bits per heavy atom. The average Bonchev–Trinajstić information content (AvgIpc) is 3.68. The molecule has 2 aliphatic heterocycles. The van der Waals surface area contributed by atoms with Crippen molar-refractivity contribution in [3.8, 4) is 22.9 Å². The Hall–Kier alpha value is -4.61. The summed E-state index contributed by atoms with van der Waals surface area (Å²) in [6.45, 7) is 4.40. The number of hydrogen-bond acceptors (Lipinski definition) is 12. The predicted octanol–water partition coefficient (Wildman–Crippen LogP) is 8.40. The number of pyridine rings is 1. The van der Waals surface area contributed by atoms with E-state index in [1.165, 1.54) is 29.4 Å². The van der Waals surface area contributed by atoms with E-state index in [0.29, 0.717) is 64.8 Å². The Balaban J connectivity index is 1.14. The molecule has 2 aromatic carbocycles. The zero-order valence-corrected chi connectivity index (χ0v) is 38.9. The van der Waals surface area contributed by atoms with Crippen LogP contribution in [0.15, 0.2) is 41.8 Å². The fourth-order valence-corrected chi connectivity index (χ4v) is 12.8. The number of aromatic nitrogens is 2. The summed E-state index contributed by atoms with van der Waals surface area (Å²) in [6, 6.07) is 6.11. The standard InChI is InChI=1S/C45H54ClF2N6O9PS/c1-25(2)49-43-51-35(24-65-43)34-20-38(29-14-15-37(60-3)39(46)40(29)50-34)62-28-19-36-41(55)53-45(64(58,59)23-30-31(47)11-8-12-32(30)48)21-26(45)16-18-61-17-7-6-13-33(42(56)54(36)22-28)52-44(57)63-27-9-4-5-10-27/h8,11-12,14-15,20,24-28,33,36H,4-7,9-10,13,16-19,21-23H2,1-3H3,(H,49,51)(H,52,57)(H,53,55)(H,58,59)/t26-,28-,33+,36+,45+/m1/s1. The number of anilines is 1. The maximum Gasteiger partial charge on any atom is 0.408 e. The van der Waals surface area contributed by atoms with Gasteiger partial charge in [-0.2, -0.15) is 0 Å². The smallest absolute Gasteiger partial charge is 0.408 e. The topological polar surface area (TPSA) is 191 Å². The van der Waals surface area contributed by atoms with E-state index in [-0.39, 0.29) is 49.6 Å². The number of carbonyl (C=O) groups excluding carboxylic acids is 3. The monoisotopic (exact) mass is 958 g/mol. The minimum atomic E-state index is -4.62. The second-order valence-electron chi connectivity index (χ2n) is 17.6. The molecular weight excluding hydrogens is 905 g/mol. The van der Waals surface area contributed by atoms with Crippen LogP contribution in [0.5, 0.6) is 11.5 Å². The highest BCUT2D eigenvalue weighted by Crippen LogP contribution is 2.71. The summed E-state index contributed by atoms with van der Waals surface area (Å²) in [4.78, 5) is 65.7. The number of alkyl carbamates (subject to hydrolysis) is 1. The van der Waals surface area contributed by atoms with Crippen molar-refractivity contribution >= 4 is 64.2 Å². The molecule has 2 aliphatic carbocycles. The number of amides is 3. The molecule has 350 valence electrons. The quantitative estimate of drug-likeness (QED) is 0.105. The van der Waals surface area contributed by atoms with E-state index < -0.39 is 78.0 Å². The van der Waals surface area contributed by atoms with Gasteiger partial charge in [0.2, 0.25) is 19.2 Å². The van der Waals surface area contributed by atoms with Gasteiger partial charge >= 0.3 is 6.09 Å². The number of ether oxygens (including phenoxy) is 4. The first-order chi connectivity index (χ1) is 31.2. The number of nitrogens with one attached hydrogen (secondary N) is 3. The molecule has 2 saturated heterocycles. The summed E-state index contributed by atoms with van der Waals surface area (Å²) in [7, 11) is -3.12. The van der Waals surface area contributed by atoms with Gasteiger partial charge in [0.05, 0.1) is 31.0 Å². The molecule has 4 N–H and O–H groups in total. The van der Waals surface area contributed by atoms with E-state index in [1.54, 1.807) is 18.2 Å². The number of hydrogen-bond donors (Lipinski definition) is 4. The molecule has 0 bridgehead atoms. The number of fused-ring (bicyclic) bond motifs is 3. The summed E-state index contributed by atoms with van der Waals surface area (Å²) >= 11 is 8.27. The van der Waals surface area contributed by atoms with E-state index >= 15 is 0 Å². The van der Waals surface area contributed by atoms with Crippen LogP contribution in [0.25, 0.3) is 22.3 Å². The van der Waals surface area contributed by atoms with Gasteiger partial charge in [-0.25, -0.2) is 23.5 Å². The molecular formula is C45H54ClF2N6O9PS. The maximum absolute atomic E-state index is 15.0. The molecule has 2 saturated carbocycles. The van der Waals surface area contributed by atoms with Gasteiger partial charge in [0.25, 0.3) is 0 Å². The van der Waals surface area contributed by atoms with Crippen molar-refractivity contribution in [2.45, 2.75) is 120 Å². The zero-order chi connectivity index (χ0) is 46.0. The fraction of sp³-hybridized carbons (Fsp3) is 0.533. The summed E-state index contributed by atoms with van der Waals surface area (Å²) in [5.41, 5.74) is 0.801. The second kappa shape index (κ2) is 19.7. The fourth-order valence-electron chi connectivity index (χ4n) is 9.19. The Morgan fingerprint density at radius 2 is 1.80 bits per heavy atom. The van der Waals surface area contributed by atoms with Crippen molar-refractivity contribution in [2.24, 2.45) is 5.92 Å². The molecule has 0 radical (unpaired) electrons. The maximum atomic E-state index is 15.0. The Bertz CT molecular complexity index is 2460. The average molecular weight is 959 g/mol. The van der Waals surface area contributed by atoms with Crippen molar-refractivity contribution in [3.63, 3.8) is 0 Å². The number of benzene rings is 2. The van der Waals surface area contributed by atoms with Crippen molar-refractivity contribution in [1.82, 2.24) is 25.5 Å². The van der Waals surface area contributed by atoms with Crippen LogP contribution >= 0.6 is 30.3 Å². The van der Waals surface area contributed by atoms with Crippen LogP contribution in [0, 0.1) is 17.6 Å². The largest absolute Gasteiger partial charge is 0.495 e. The lowest BCUT2D eigenvalue weighted by Crippen LogP contribution is -2.55. The number of carbonyl (C=O) groups is 3. The SMILES string of the molecule is COc1ccc2c(O[C@@H]3C[C@H]4C(=O)N[C@]5(P(=O)(O)Cc6c(F)cccc6F)C[C@H]5CCOCCCC[C@H](NC(=O)OC5CCCC5)C(=O)N4C3)cc(-c3csc(NC(C)C)n3)nc2c1Cl. The molecule has 15 nitrogen and oxygen atoms in total. The lowest BCUT2D eigenvalue weighted by atomic mass is 10.1. The number of rotatable bonds is 11. The van der Waals surface area contributed by atoms with Crippen molar-refractivity contribution in [3.05, 3.63) is 64.0 Å². The van der Waals surface area contributed by atoms with Crippen LogP contribution < -0.4 is 25.4 Å². The highest BCUT2D eigenvalue weighted by molar-refractivity contribution is 7.59. The molecule has 3 amide bonds. The van der Waals surface area contributed by atoms with Crippen LogP contribution in [-0.4, -0.2) is 100 Å². The van der Waals surface area contributed by atoms with Crippen LogP contribution in [0.3, 0.4) is 0 Å². The molecule has 4 heterocycles. The third-order valence-corrected chi connectivity index (χ3v) is 16.5. The molecule has 20 heteroatoms. The minimum Gasteiger partial charge on any atom is -0.495 e. The van der Waals surface area contributed by atoms with Crippen molar-refractivity contribution < 1.29 is 51.6 Å². The van der Waals surface area contributed by atoms with E-state index in [9.17, 15) is 32.6 Å². The third-order valence-electron chi connectivity index (χ3n) is 12.7. The van der Waals surface area contributed by atoms with Gasteiger partial charge in [0.1, 0.15) is 63.4 Å².